The van der Waals surface area contributed by atoms with Crippen LogP contribution in [0.1, 0.15) is 0 Å². The van der Waals surface area contributed by atoms with Gasteiger partial charge in [0.05, 0.1) is 0 Å². The van der Waals surface area contributed by atoms with Crippen LogP contribution >= 0.6 is 0 Å². The predicted octanol–water partition coefficient (Wildman–Crippen LogP) is 5.43. The van der Waals surface area contributed by atoms with E-state index in [0.29, 0.717) is 0 Å². The van der Waals surface area contributed by atoms with E-state index in [-0.39, 0.29) is 13.9 Å². The van der Waals surface area contributed by atoms with Crippen LogP contribution in [0.5, 0.6) is 0 Å². The number of allylic oxidation sites excluding steroid dienone is 6. The Balaban J connectivity index is 5.60. The maximum Gasteiger partial charge on any atom is 0.231 e. The second kappa shape index (κ2) is 11.0. The van der Waals surface area contributed by atoms with Gasteiger partial charge in [0.1, 0.15) is 0 Å². The van der Waals surface area contributed by atoms with Crippen LogP contribution in [0.15, 0.2) is 75.9 Å². The summed E-state index contributed by atoms with van der Waals surface area (Å²) in [5.41, 5.74) is 0. The Hall–Kier alpha value is -0.594. The van der Waals surface area contributed by atoms with Crippen molar-refractivity contribution in [3.63, 3.8) is 0 Å². The maximum absolute atomic E-state index is 4.02. The van der Waals surface area contributed by atoms with Gasteiger partial charge in [0.15, 0.2) is 0 Å². The molecule has 21 heavy (non-hydrogen) atoms. The van der Waals surface area contributed by atoms with Gasteiger partial charge in [0.2, 0.25) is 13.9 Å². The van der Waals surface area contributed by atoms with Crippen molar-refractivity contribution in [2.45, 2.75) is 36.3 Å². The van der Waals surface area contributed by atoms with Crippen molar-refractivity contribution in [3.8, 4) is 0 Å². The Morgan fingerprint density at radius 2 is 0.667 bits per heavy atom. The molecule has 0 N–H and O–H groups in total. The molecular weight excluding hydrogens is 299 g/mol. The topological polar surface area (TPSA) is 0 Å². The zero-order valence-corrected chi connectivity index (χ0v) is 17.1. The van der Waals surface area contributed by atoms with Gasteiger partial charge in [0, 0.05) is 13.3 Å². The summed E-state index contributed by atoms with van der Waals surface area (Å²) in [6.45, 7) is 21.4. The van der Waals surface area contributed by atoms with Gasteiger partial charge in [0.25, 0.3) is 0 Å². The number of hydrogen-bond acceptors (Lipinski definition) is 0. The molecule has 0 aliphatic rings. The first kappa shape index (κ1) is 20.4. The van der Waals surface area contributed by atoms with E-state index in [1.54, 1.807) is 0 Å². The third kappa shape index (κ3) is 6.80. The van der Waals surface area contributed by atoms with Crippen molar-refractivity contribution in [3.05, 3.63) is 75.9 Å². The van der Waals surface area contributed by atoms with Crippen LogP contribution in [0.25, 0.3) is 0 Å². The van der Waals surface area contributed by atoms with Gasteiger partial charge < -0.3 is 0 Å². The maximum atomic E-state index is 4.02. The Morgan fingerprint density at radius 3 is 0.810 bits per heavy atom. The fourth-order valence-corrected chi connectivity index (χ4v) is 43.9. The van der Waals surface area contributed by atoms with Crippen molar-refractivity contribution in [2.24, 2.45) is 0 Å². The lowest BCUT2D eigenvalue weighted by Gasteiger charge is -2.38. The van der Waals surface area contributed by atoms with E-state index in [2.05, 4.69) is 75.9 Å². The molecule has 0 aromatic heterocycles. The van der Waals surface area contributed by atoms with Crippen molar-refractivity contribution in [1.82, 2.24) is 0 Å². The summed E-state index contributed by atoms with van der Waals surface area (Å²) in [4.78, 5) is 0. The third-order valence-corrected chi connectivity index (χ3v) is 35.8. The van der Waals surface area contributed by atoms with Crippen LogP contribution in [0.3, 0.4) is 0 Å². The molecule has 0 saturated heterocycles. The van der Waals surface area contributed by atoms with E-state index in [4.69, 9.17) is 0 Å². The molecule has 0 saturated carbocycles. The fraction of sp³-hybridized carbons (Fsp3) is 0.333. The van der Waals surface area contributed by atoms with Gasteiger partial charge >= 0.3 is 0 Å². The minimum atomic E-state index is -1.34. The molecule has 0 aliphatic carbocycles. The number of rotatable bonds is 14. The fourth-order valence-electron chi connectivity index (χ4n) is 3.57. The van der Waals surface area contributed by atoms with Crippen LogP contribution in [0.2, 0.25) is 36.3 Å². The Morgan fingerprint density at radius 1 is 0.476 bits per heavy atom. The summed E-state index contributed by atoms with van der Waals surface area (Å²) in [5.74, 6) is 0. The van der Waals surface area contributed by atoms with E-state index in [9.17, 15) is 0 Å². The highest BCUT2D eigenvalue weighted by atomic mass is 29.2. The number of hydrogen-bond donors (Lipinski definition) is 0. The largest absolute Gasteiger partial charge is 0.231 e. The highest BCUT2D eigenvalue weighted by Crippen LogP contribution is 2.31. The molecule has 0 fully saturated rings. The lowest BCUT2D eigenvalue weighted by atomic mass is 10.7. The average Bonchev–Trinajstić information content (AvgIpc) is 2.40. The molecule has 0 radical (unpaired) electrons. The smallest absolute Gasteiger partial charge is 0.103 e. The predicted molar refractivity (Wildman–Crippen MR) is 109 cm³/mol. The van der Waals surface area contributed by atoms with E-state index in [1.807, 2.05) is 0 Å². The summed E-state index contributed by atoms with van der Waals surface area (Å²) in [7, 11) is 0. The van der Waals surface area contributed by atoms with Gasteiger partial charge in [-0.1, -0.05) is 36.5 Å². The van der Waals surface area contributed by atoms with Crippen molar-refractivity contribution < 1.29 is 0 Å². The van der Waals surface area contributed by atoms with Gasteiger partial charge in [-0.25, -0.2) is 0 Å². The van der Waals surface area contributed by atoms with Gasteiger partial charge in [-0.3, -0.25) is 0 Å². The van der Waals surface area contributed by atoms with Crippen LogP contribution in [0.4, 0.5) is 0 Å². The van der Waals surface area contributed by atoms with Gasteiger partial charge in [-0.05, 0) is 36.3 Å². The summed E-state index contributed by atoms with van der Waals surface area (Å²) < 4.78 is 0. The Labute approximate surface area is 139 Å². The second-order valence-corrected chi connectivity index (χ2v) is 28.2. The molecular formula is C18H31AlSi2. The SMILES string of the molecule is C=CC[Si](CC=C)(CC=C)[AlH][Si](CC=C)(CC=C)CC=C. The molecule has 0 rings (SSSR count). The molecule has 0 aromatic rings. The minimum absolute atomic E-state index is 0.190. The van der Waals surface area contributed by atoms with Crippen molar-refractivity contribution >= 4 is 27.2 Å². The van der Waals surface area contributed by atoms with Crippen LogP contribution in [0, 0.1) is 0 Å². The average molecular weight is 331 g/mol. The lowest BCUT2D eigenvalue weighted by Crippen LogP contribution is -2.56. The molecule has 0 unspecified atom stereocenters. The van der Waals surface area contributed by atoms with Gasteiger partial charge in [-0.2, -0.15) is 0 Å². The zero-order valence-electron chi connectivity index (χ0n) is 13.7. The second-order valence-electron chi connectivity index (χ2n) is 6.13. The summed E-state index contributed by atoms with van der Waals surface area (Å²) in [5, 5.41) is 0. The van der Waals surface area contributed by atoms with E-state index in [1.165, 1.54) is 36.3 Å². The lowest BCUT2D eigenvalue weighted by molar-refractivity contribution is 1.40. The molecule has 3 heteroatoms. The Bertz CT molecular complexity index is 296. The monoisotopic (exact) mass is 330 g/mol. The molecule has 0 amide bonds. The molecule has 0 atom stereocenters. The summed E-state index contributed by atoms with van der Waals surface area (Å²) in [6.07, 6.45) is 12.8. The standard InChI is InChI=1S/2C9H15Si.Al.H/c2*1-4-7-10(8-5-2)9-6-3;;/h2*4-6H,1-3,7-9H2;;. The van der Waals surface area contributed by atoms with E-state index >= 15 is 0 Å². The molecule has 0 aromatic carbocycles. The first-order valence-electron chi connectivity index (χ1n) is 7.73. The van der Waals surface area contributed by atoms with E-state index < -0.39 is 13.3 Å². The quantitative estimate of drug-likeness (QED) is 0.294. The van der Waals surface area contributed by atoms with Crippen molar-refractivity contribution in [1.29, 1.82) is 0 Å². The van der Waals surface area contributed by atoms with Gasteiger partial charge in [-0.15, -0.1) is 39.5 Å². The summed E-state index contributed by atoms with van der Waals surface area (Å²) >= 11 is -0.190. The molecule has 0 aliphatic heterocycles. The molecule has 0 nitrogen and oxygen atoms in total. The van der Waals surface area contributed by atoms with Crippen LogP contribution in [-0.2, 0) is 0 Å². The molecule has 0 bridgehead atoms. The minimum Gasteiger partial charge on any atom is -0.103 e. The van der Waals surface area contributed by atoms with Crippen LogP contribution in [-0.4, -0.2) is 27.2 Å². The van der Waals surface area contributed by atoms with Crippen molar-refractivity contribution in [2.75, 3.05) is 0 Å². The first-order chi connectivity index (χ1) is 10.1. The molecule has 0 heterocycles. The third-order valence-electron chi connectivity index (χ3n) is 4.21. The highest BCUT2D eigenvalue weighted by Gasteiger charge is 2.42. The zero-order chi connectivity index (χ0) is 16.2. The normalized spacial score (nSPS) is 11.2. The van der Waals surface area contributed by atoms with Crippen LogP contribution < -0.4 is 0 Å². The first-order valence-corrected chi connectivity index (χ1v) is 17.6. The Kier molecular flexibility index (Phi) is 10.7. The highest BCUT2D eigenvalue weighted by molar-refractivity contribution is 7.54. The molecule has 0 spiro atoms. The van der Waals surface area contributed by atoms with E-state index in [0.717, 1.165) is 0 Å². The molecule has 114 valence electrons. The summed E-state index contributed by atoms with van der Waals surface area (Å²) in [6, 6.07) is 7.23.